The molecule has 0 radical (unpaired) electrons. The van der Waals surface area contributed by atoms with Crippen LogP contribution in [-0.2, 0) is 28.5 Å². The normalized spacial score (nSPS) is 30.9. The summed E-state index contributed by atoms with van der Waals surface area (Å²) in [7, 11) is 0. The average Bonchev–Trinajstić information content (AvgIpc) is 3.14. The van der Waals surface area contributed by atoms with Gasteiger partial charge in [-0.25, -0.2) is 4.79 Å². The van der Waals surface area contributed by atoms with Gasteiger partial charge in [0.25, 0.3) is 11.9 Å². The number of phenols is 5. The third-order valence-electron chi connectivity index (χ3n) is 8.99. The molecule has 3 aliphatic heterocycles. The lowest BCUT2D eigenvalue weighted by Gasteiger charge is -2.46. The second-order valence-electron chi connectivity index (χ2n) is 12.7. The van der Waals surface area contributed by atoms with Crippen LogP contribution in [0.3, 0.4) is 0 Å². The van der Waals surface area contributed by atoms with Gasteiger partial charge in [0.15, 0.2) is 29.7 Å². The standard InChI is InChI=1S/C36H38O18/c37-13-25-28(44)30(46)32(48)35(52-25)54-34-31(47)29(45)26(14-49-27(43)8-3-15-1-5-17(38)6-2-15)53-36(34)51-24-12-19-21(41)10-18(39)11-23(19)50-33(24)16-4-7-20(40)22(42)9-16/h1-12,25-26,28-42,44-48H,13-14H2/p+1/b8-3-/t25-,26+,28+,29+,30-,31-,32+,33?,34+,35-,36+/m0/s1. The number of aliphatic hydroxyl groups excluding tert-OH is 6. The first-order valence-corrected chi connectivity index (χ1v) is 16.5. The molecule has 3 aromatic rings. The zero-order valence-corrected chi connectivity index (χ0v) is 28.0. The molecular weight excluding hydrogens is 720 g/mol. The molecule has 2 saturated heterocycles. The zero-order chi connectivity index (χ0) is 38.8. The first-order valence-electron chi connectivity index (χ1n) is 16.5. The summed E-state index contributed by atoms with van der Waals surface area (Å²) in [5.41, 5.74) is 0.843. The number of fused-ring (bicyclic) bond motifs is 1. The first-order chi connectivity index (χ1) is 25.7. The number of phenolic OH excluding ortho intramolecular Hbond substituents is 5. The van der Waals surface area contributed by atoms with Crippen molar-refractivity contribution in [2.45, 2.75) is 67.5 Å². The first kappa shape index (κ1) is 38.6. The van der Waals surface area contributed by atoms with Crippen LogP contribution in [0, 0.1) is 0 Å². The highest BCUT2D eigenvalue weighted by molar-refractivity contribution is 5.87. The number of hydrogen-bond acceptors (Lipinski definition) is 17. The van der Waals surface area contributed by atoms with Crippen molar-refractivity contribution in [3.05, 3.63) is 83.1 Å². The number of hydrogen-bond donors (Lipinski definition) is 11. The summed E-state index contributed by atoms with van der Waals surface area (Å²) in [6.45, 7) is -1.45. The van der Waals surface area contributed by atoms with E-state index in [0.717, 1.165) is 12.1 Å². The van der Waals surface area contributed by atoms with Gasteiger partial charge in [-0.05, 0) is 42.0 Å². The van der Waals surface area contributed by atoms with Gasteiger partial charge in [-0.3, -0.25) is 0 Å². The van der Waals surface area contributed by atoms with Gasteiger partial charge in [0.2, 0.25) is 6.29 Å². The molecule has 2 fully saturated rings. The lowest BCUT2D eigenvalue weighted by atomic mass is 9.97. The molecular formula is C36H39O18+. The molecule has 290 valence electrons. The molecule has 11 atom stereocenters. The molecule has 6 rings (SSSR count). The molecule has 0 aliphatic carbocycles. The lowest BCUT2D eigenvalue weighted by Crippen LogP contribution is -2.64. The smallest absolute Gasteiger partial charge is 0.330 e. The van der Waals surface area contributed by atoms with E-state index in [0.29, 0.717) is 5.56 Å². The van der Waals surface area contributed by atoms with E-state index in [4.69, 9.17) is 23.7 Å². The summed E-state index contributed by atoms with van der Waals surface area (Å²) in [4.78, 5) is 12.6. The van der Waals surface area contributed by atoms with E-state index in [1.165, 1.54) is 48.6 Å². The van der Waals surface area contributed by atoms with Crippen LogP contribution in [-0.4, -0.2) is 142 Å². The van der Waals surface area contributed by atoms with Crippen molar-refractivity contribution in [3.63, 3.8) is 0 Å². The van der Waals surface area contributed by atoms with Crippen LogP contribution in [0.2, 0.25) is 0 Å². The van der Waals surface area contributed by atoms with Crippen LogP contribution >= 0.6 is 0 Å². The van der Waals surface area contributed by atoms with Crippen LogP contribution in [0.5, 0.6) is 34.5 Å². The summed E-state index contributed by atoms with van der Waals surface area (Å²) >= 11 is 0. The molecule has 3 aromatic carbocycles. The van der Waals surface area contributed by atoms with Crippen molar-refractivity contribution < 1.29 is 89.4 Å². The second-order valence-corrected chi connectivity index (χ2v) is 12.7. The van der Waals surface area contributed by atoms with E-state index in [-0.39, 0.29) is 34.1 Å². The van der Waals surface area contributed by atoms with Gasteiger partial charge >= 0.3 is 5.97 Å². The van der Waals surface area contributed by atoms with Crippen LogP contribution in [0.1, 0.15) is 22.8 Å². The molecule has 0 amide bonds. The van der Waals surface area contributed by atoms with Gasteiger partial charge in [-0.2, -0.15) is 0 Å². The topological polar surface area (TPSA) is 299 Å². The Morgan fingerprint density at radius 1 is 0.741 bits per heavy atom. The third kappa shape index (κ3) is 8.16. The summed E-state index contributed by atoms with van der Waals surface area (Å²) < 4.78 is 33.3. The molecule has 0 aromatic heterocycles. The van der Waals surface area contributed by atoms with Crippen molar-refractivity contribution in [2.24, 2.45) is 0 Å². The number of ether oxygens (including phenoxy) is 6. The molecule has 0 spiro atoms. The quantitative estimate of drug-likeness (QED) is 0.0535. The maximum Gasteiger partial charge on any atom is 0.330 e. The Kier molecular flexibility index (Phi) is 11.5. The molecule has 3 heterocycles. The minimum Gasteiger partial charge on any atom is -0.571 e. The Balaban J connectivity index is 1.31. The number of benzene rings is 3. The summed E-state index contributed by atoms with van der Waals surface area (Å²) in [5, 5.41) is 114. The number of carbonyl (C=O) groups is 1. The van der Waals surface area contributed by atoms with E-state index < -0.39 is 104 Å². The number of esters is 1. The van der Waals surface area contributed by atoms with E-state index in [2.05, 4.69) is 4.74 Å². The number of carbonyl (C=O) groups excluding carboxylic acids is 1. The van der Waals surface area contributed by atoms with Gasteiger partial charge in [0.1, 0.15) is 72.1 Å². The SMILES string of the molecule is O=C(/C=C\c1ccc(O)cc1)OC[C@H]1O[C@@H](OC2=Cc3c(O)cc(O)cc3[OH+]C2c2ccc(O)c(O)c2)[C@H](O[C@@H]2O[C@@H](CO)[C@@H](O)[C@H](O)[C@H]2O)[C@@H](O)[C@@H]1O. The van der Waals surface area contributed by atoms with Crippen molar-refractivity contribution in [2.75, 3.05) is 13.2 Å². The van der Waals surface area contributed by atoms with E-state index >= 15 is 0 Å². The van der Waals surface area contributed by atoms with E-state index in [1.807, 2.05) is 0 Å². The van der Waals surface area contributed by atoms with Crippen LogP contribution in [0.15, 0.2) is 66.4 Å². The van der Waals surface area contributed by atoms with Crippen molar-refractivity contribution in [3.8, 4) is 34.5 Å². The van der Waals surface area contributed by atoms with Gasteiger partial charge < -0.3 is 84.6 Å². The molecule has 54 heavy (non-hydrogen) atoms. The molecule has 18 nitrogen and oxygen atoms in total. The molecule has 1 unspecified atom stereocenters. The van der Waals surface area contributed by atoms with Crippen LogP contribution < -0.4 is 0 Å². The Morgan fingerprint density at radius 2 is 1.44 bits per heavy atom. The van der Waals surface area contributed by atoms with Gasteiger partial charge in [0, 0.05) is 18.2 Å². The molecule has 18 heteroatoms. The summed E-state index contributed by atoms with van der Waals surface area (Å²) in [6, 6.07) is 11.9. The Hall–Kier alpha value is -5.15. The number of aliphatic hydroxyl groups is 7. The lowest BCUT2D eigenvalue weighted by molar-refractivity contribution is -0.364. The minimum atomic E-state index is -1.96. The fourth-order valence-electron chi connectivity index (χ4n) is 6.05. The second kappa shape index (κ2) is 16.1. The van der Waals surface area contributed by atoms with Crippen LogP contribution in [0.25, 0.3) is 12.2 Å². The predicted octanol–water partition coefficient (Wildman–Crippen LogP) is -0.543. The monoisotopic (exact) mass is 759 g/mol. The maximum absolute atomic E-state index is 12.6. The molecule has 3 aliphatic rings. The fraction of sp³-hybridized carbons (Fsp3) is 0.361. The maximum atomic E-state index is 12.6. The Bertz CT molecular complexity index is 1860. The van der Waals surface area contributed by atoms with Crippen molar-refractivity contribution in [1.29, 1.82) is 0 Å². The summed E-state index contributed by atoms with van der Waals surface area (Å²) in [6.07, 6.45) is -15.1. The van der Waals surface area contributed by atoms with Crippen molar-refractivity contribution >= 4 is 18.1 Å². The van der Waals surface area contributed by atoms with Crippen molar-refractivity contribution in [1.82, 2.24) is 0 Å². The molecule has 0 bridgehead atoms. The van der Waals surface area contributed by atoms with Gasteiger partial charge in [-0.1, -0.05) is 12.1 Å². The van der Waals surface area contributed by atoms with Gasteiger partial charge in [0.05, 0.1) is 18.2 Å². The van der Waals surface area contributed by atoms with E-state index in [9.17, 15) is 61.0 Å². The number of aromatic hydroxyl groups is 6. The highest BCUT2D eigenvalue weighted by Crippen LogP contribution is 2.46. The molecule has 0 saturated carbocycles. The van der Waals surface area contributed by atoms with Crippen LogP contribution in [0.4, 0.5) is 0 Å². The predicted molar refractivity (Wildman–Crippen MR) is 180 cm³/mol. The third-order valence-corrected chi connectivity index (χ3v) is 8.99. The Labute approximate surface area is 305 Å². The fourth-order valence-corrected chi connectivity index (χ4v) is 6.05. The Morgan fingerprint density at radius 3 is 2.15 bits per heavy atom. The molecule has 12 N–H and O–H groups in total. The minimum absolute atomic E-state index is 0.0211. The van der Waals surface area contributed by atoms with Gasteiger partial charge in [-0.15, -0.1) is 0 Å². The highest BCUT2D eigenvalue weighted by Gasteiger charge is 2.52. The average molecular weight is 760 g/mol. The largest absolute Gasteiger partial charge is 0.571 e. The number of rotatable bonds is 10. The zero-order valence-electron chi connectivity index (χ0n) is 28.0. The summed E-state index contributed by atoms with van der Waals surface area (Å²) in [5.74, 6) is -2.61. The van der Waals surface area contributed by atoms with E-state index in [1.54, 1.807) is 12.1 Å². The highest BCUT2D eigenvalue weighted by atomic mass is 16.8.